The molecule has 24 heavy (non-hydrogen) atoms. The van der Waals surface area contributed by atoms with E-state index in [1.807, 2.05) is 73.6 Å². The van der Waals surface area contributed by atoms with Crippen molar-refractivity contribution in [2.24, 2.45) is 0 Å². The van der Waals surface area contributed by atoms with Gasteiger partial charge in [0.2, 0.25) is 5.91 Å². The number of amides is 1. The van der Waals surface area contributed by atoms with Gasteiger partial charge in [-0.2, -0.15) is 0 Å². The lowest BCUT2D eigenvalue weighted by Gasteiger charge is -2.11. The van der Waals surface area contributed by atoms with Gasteiger partial charge in [-0.3, -0.25) is 9.78 Å². The molecule has 0 aliphatic heterocycles. The van der Waals surface area contributed by atoms with Gasteiger partial charge in [0.15, 0.2) is 5.75 Å². The molecule has 0 bridgehead atoms. The summed E-state index contributed by atoms with van der Waals surface area (Å²) in [6.45, 7) is 0.347. The highest BCUT2D eigenvalue weighted by atomic mass is 16.5. The lowest BCUT2D eigenvalue weighted by Crippen LogP contribution is -2.26. The minimum atomic E-state index is -0.0491. The maximum absolute atomic E-state index is 11.8. The summed E-state index contributed by atoms with van der Waals surface area (Å²) in [5.41, 5.74) is 1.56. The highest BCUT2D eigenvalue weighted by Gasteiger charge is 2.06. The van der Waals surface area contributed by atoms with Crippen molar-refractivity contribution in [2.45, 2.75) is 0 Å². The number of rotatable bonds is 5. The number of hydrogen-bond acceptors (Lipinski definition) is 4. The number of para-hydroxylation sites is 1. The van der Waals surface area contributed by atoms with E-state index in [2.05, 4.69) is 10.3 Å². The number of hydrogen-bond donors (Lipinski definition) is 1. The molecule has 0 unspecified atom stereocenters. The fraction of sp³-hybridized carbons (Fsp3) is 0.158. The second-order valence-corrected chi connectivity index (χ2v) is 5.74. The van der Waals surface area contributed by atoms with Gasteiger partial charge in [0.25, 0.3) is 0 Å². The van der Waals surface area contributed by atoms with Crippen molar-refractivity contribution in [3.05, 3.63) is 60.8 Å². The maximum atomic E-state index is 11.8. The Morgan fingerprint density at radius 2 is 1.83 bits per heavy atom. The van der Waals surface area contributed by atoms with Crippen LogP contribution in [0.2, 0.25) is 0 Å². The van der Waals surface area contributed by atoms with E-state index < -0.39 is 0 Å². The smallest absolute Gasteiger partial charge is 0.238 e. The van der Waals surface area contributed by atoms with E-state index >= 15 is 0 Å². The Morgan fingerprint density at radius 1 is 1.08 bits per heavy atom. The first-order valence-electron chi connectivity index (χ1n) is 7.68. The number of nitrogens with zero attached hydrogens (tertiary/aromatic N) is 2. The first-order valence-corrected chi connectivity index (χ1v) is 7.68. The highest BCUT2D eigenvalue weighted by Crippen LogP contribution is 2.28. The molecule has 1 N–H and O–H groups in total. The lowest BCUT2D eigenvalue weighted by atomic mass is 10.2. The number of pyridine rings is 1. The third kappa shape index (κ3) is 3.88. The topological polar surface area (TPSA) is 54.5 Å². The predicted molar refractivity (Wildman–Crippen MR) is 95.4 cm³/mol. The Bertz CT molecular complexity index is 839. The third-order valence-corrected chi connectivity index (χ3v) is 3.42. The van der Waals surface area contributed by atoms with Crippen molar-refractivity contribution in [3.63, 3.8) is 0 Å². The fourth-order valence-electron chi connectivity index (χ4n) is 2.38. The van der Waals surface area contributed by atoms with Crippen LogP contribution < -0.4 is 10.1 Å². The van der Waals surface area contributed by atoms with E-state index in [0.717, 1.165) is 16.6 Å². The van der Waals surface area contributed by atoms with Gasteiger partial charge in [-0.1, -0.05) is 18.2 Å². The van der Waals surface area contributed by atoms with Crippen LogP contribution in [0.25, 0.3) is 10.9 Å². The summed E-state index contributed by atoms with van der Waals surface area (Å²) in [5, 5.41) is 3.88. The minimum Gasteiger partial charge on any atom is -0.455 e. The molecule has 0 saturated heterocycles. The largest absolute Gasteiger partial charge is 0.455 e. The minimum absolute atomic E-state index is 0.0491. The Labute approximate surface area is 140 Å². The number of fused-ring (bicyclic) bond motifs is 1. The summed E-state index contributed by atoms with van der Waals surface area (Å²) in [6, 6.07) is 17.0. The van der Waals surface area contributed by atoms with Crippen LogP contribution in [0.5, 0.6) is 11.5 Å². The molecule has 0 aliphatic rings. The normalized spacial score (nSPS) is 10.8. The van der Waals surface area contributed by atoms with Crippen molar-refractivity contribution in [3.8, 4) is 11.5 Å². The molecular formula is C19H19N3O2. The van der Waals surface area contributed by atoms with Gasteiger partial charge in [-0.05, 0) is 50.5 Å². The molecule has 0 radical (unpaired) electrons. The second-order valence-electron chi connectivity index (χ2n) is 5.74. The zero-order valence-corrected chi connectivity index (χ0v) is 13.7. The van der Waals surface area contributed by atoms with Crippen molar-refractivity contribution in [2.75, 3.05) is 26.0 Å². The van der Waals surface area contributed by atoms with Gasteiger partial charge in [-0.15, -0.1) is 0 Å². The summed E-state index contributed by atoms with van der Waals surface area (Å²) in [5.74, 6) is 1.35. The zero-order chi connectivity index (χ0) is 16.9. The van der Waals surface area contributed by atoms with Crippen molar-refractivity contribution in [1.82, 2.24) is 9.88 Å². The highest BCUT2D eigenvalue weighted by molar-refractivity contribution is 5.92. The van der Waals surface area contributed by atoms with E-state index in [9.17, 15) is 4.79 Å². The van der Waals surface area contributed by atoms with Gasteiger partial charge in [0.05, 0.1) is 6.54 Å². The molecule has 5 heteroatoms. The number of anilines is 1. The van der Waals surface area contributed by atoms with Gasteiger partial charge in [-0.25, -0.2) is 0 Å². The Hall–Kier alpha value is -2.92. The monoisotopic (exact) mass is 321 g/mol. The van der Waals surface area contributed by atoms with Crippen LogP contribution in [-0.4, -0.2) is 36.4 Å². The molecule has 2 aromatic carbocycles. The maximum Gasteiger partial charge on any atom is 0.238 e. The SMILES string of the molecule is CN(C)CC(=O)Nc1ccc(Oc2cccc3cccnc23)cc1. The second kappa shape index (κ2) is 7.10. The van der Waals surface area contributed by atoms with Crippen LogP contribution in [0, 0.1) is 0 Å². The molecule has 1 aromatic heterocycles. The number of carbonyl (C=O) groups excluding carboxylic acids is 1. The lowest BCUT2D eigenvalue weighted by molar-refractivity contribution is -0.116. The number of aromatic nitrogens is 1. The Morgan fingerprint density at radius 3 is 2.58 bits per heavy atom. The van der Waals surface area contributed by atoms with E-state index in [0.29, 0.717) is 18.0 Å². The van der Waals surface area contributed by atoms with E-state index in [4.69, 9.17) is 4.74 Å². The van der Waals surface area contributed by atoms with Crippen molar-refractivity contribution < 1.29 is 9.53 Å². The summed E-state index contributed by atoms with van der Waals surface area (Å²) in [4.78, 5) is 17.9. The Kier molecular flexibility index (Phi) is 4.72. The number of nitrogens with one attached hydrogen (secondary N) is 1. The molecule has 0 fully saturated rings. The summed E-state index contributed by atoms with van der Waals surface area (Å²) >= 11 is 0. The quantitative estimate of drug-likeness (QED) is 0.781. The number of likely N-dealkylation sites (N-methyl/N-ethyl adjacent to an activating group) is 1. The van der Waals surface area contributed by atoms with Gasteiger partial charge >= 0.3 is 0 Å². The average Bonchev–Trinajstić information content (AvgIpc) is 2.56. The van der Waals surface area contributed by atoms with Crippen LogP contribution in [0.3, 0.4) is 0 Å². The molecule has 5 nitrogen and oxygen atoms in total. The van der Waals surface area contributed by atoms with E-state index in [-0.39, 0.29) is 5.91 Å². The third-order valence-electron chi connectivity index (χ3n) is 3.42. The van der Waals surface area contributed by atoms with Crippen LogP contribution in [0.15, 0.2) is 60.8 Å². The molecule has 0 atom stereocenters. The molecular weight excluding hydrogens is 302 g/mol. The number of ether oxygens (including phenoxy) is 1. The van der Waals surface area contributed by atoms with Gasteiger partial charge in [0, 0.05) is 17.3 Å². The van der Waals surface area contributed by atoms with Crippen LogP contribution in [0.4, 0.5) is 5.69 Å². The van der Waals surface area contributed by atoms with E-state index in [1.54, 1.807) is 6.20 Å². The standard InChI is InChI=1S/C19H19N3O2/c1-22(2)13-18(23)21-15-8-10-16(11-9-15)24-17-7-3-5-14-6-4-12-20-19(14)17/h3-12H,13H2,1-2H3,(H,21,23). The first-order chi connectivity index (χ1) is 11.6. The molecule has 0 spiro atoms. The summed E-state index contributed by atoms with van der Waals surface area (Å²) in [6.07, 6.45) is 1.75. The molecule has 3 aromatic rings. The predicted octanol–water partition coefficient (Wildman–Crippen LogP) is 3.53. The Balaban J connectivity index is 1.73. The molecule has 122 valence electrons. The van der Waals surface area contributed by atoms with Gasteiger partial charge < -0.3 is 15.0 Å². The fourth-order valence-corrected chi connectivity index (χ4v) is 2.38. The molecule has 1 amide bonds. The molecule has 3 rings (SSSR count). The first kappa shape index (κ1) is 16.0. The molecule has 1 heterocycles. The molecule has 0 saturated carbocycles. The van der Waals surface area contributed by atoms with Crippen LogP contribution in [0.1, 0.15) is 0 Å². The number of benzene rings is 2. The van der Waals surface area contributed by atoms with E-state index in [1.165, 1.54) is 0 Å². The zero-order valence-electron chi connectivity index (χ0n) is 13.7. The number of carbonyl (C=O) groups is 1. The summed E-state index contributed by atoms with van der Waals surface area (Å²) < 4.78 is 5.93. The van der Waals surface area contributed by atoms with Crippen molar-refractivity contribution in [1.29, 1.82) is 0 Å². The summed E-state index contributed by atoms with van der Waals surface area (Å²) in [7, 11) is 3.71. The van der Waals surface area contributed by atoms with Crippen LogP contribution >= 0.6 is 0 Å². The average molecular weight is 321 g/mol. The van der Waals surface area contributed by atoms with Crippen LogP contribution in [-0.2, 0) is 4.79 Å². The molecule has 0 aliphatic carbocycles. The van der Waals surface area contributed by atoms with Crippen molar-refractivity contribution >= 4 is 22.5 Å². The van der Waals surface area contributed by atoms with Gasteiger partial charge in [0.1, 0.15) is 11.3 Å².